The van der Waals surface area contributed by atoms with Gasteiger partial charge < -0.3 is 10.8 Å². The van der Waals surface area contributed by atoms with Gasteiger partial charge in [0.25, 0.3) is 0 Å². The van der Waals surface area contributed by atoms with Crippen molar-refractivity contribution in [2.45, 2.75) is 38.3 Å². The van der Waals surface area contributed by atoms with Gasteiger partial charge in [-0.3, -0.25) is 4.99 Å². The van der Waals surface area contributed by atoms with Crippen LogP contribution in [0.15, 0.2) is 40.9 Å². The third-order valence-corrected chi connectivity index (χ3v) is 2.86. The largest absolute Gasteiger partial charge is 0.389 e. The summed E-state index contributed by atoms with van der Waals surface area (Å²) in [6, 6.07) is -0.0496. The molecule has 94 valence electrons. The normalized spacial score (nSPS) is 23.6. The quantitative estimate of drug-likeness (QED) is 0.731. The van der Waals surface area contributed by atoms with Gasteiger partial charge in [-0.2, -0.15) is 0 Å². The lowest BCUT2D eigenvalue weighted by molar-refractivity contribution is 0.215. The molecule has 0 aromatic heterocycles. The second kappa shape index (κ2) is 7.20. The molecule has 3 heteroatoms. The van der Waals surface area contributed by atoms with E-state index in [4.69, 9.17) is 5.73 Å². The monoisotopic (exact) mass is 234 g/mol. The molecular weight excluding hydrogens is 212 g/mol. The van der Waals surface area contributed by atoms with Crippen LogP contribution in [0.5, 0.6) is 0 Å². The predicted octanol–water partition coefficient (Wildman–Crippen LogP) is 1.99. The van der Waals surface area contributed by atoms with E-state index >= 15 is 0 Å². The van der Waals surface area contributed by atoms with E-state index < -0.39 is 0 Å². The highest BCUT2D eigenvalue weighted by Crippen LogP contribution is 2.15. The minimum atomic E-state index is -0.342. The van der Waals surface area contributed by atoms with E-state index in [1.54, 1.807) is 7.05 Å². The molecule has 0 radical (unpaired) electrons. The topological polar surface area (TPSA) is 58.6 Å². The average Bonchev–Trinajstić information content (AvgIpc) is 2.53. The summed E-state index contributed by atoms with van der Waals surface area (Å²) in [6.07, 6.45) is 11.8. The first-order valence-electron chi connectivity index (χ1n) is 6.07. The minimum absolute atomic E-state index is 0.0496. The van der Waals surface area contributed by atoms with E-state index in [0.29, 0.717) is 0 Å². The Morgan fingerprint density at radius 3 is 3.12 bits per heavy atom. The molecule has 0 saturated carbocycles. The molecular formula is C14H22N2O. The molecule has 0 fully saturated rings. The van der Waals surface area contributed by atoms with E-state index in [9.17, 15) is 5.11 Å². The fourth-order valence-corrected chi connectivity index (χ4v) is 1.85. The molecule has 17 heavy (non-hydrogen) atoms. The standard InChI is InChI=1S/C14H22N2O/c1-3-5-12(16-2)10-14(15)11-6-4-7-13(17)9-8-11/h3,5-6,8-9,13-14,17H,4,7,10,15H2,1-2H3/b5-3-,16-12?. The first-order valence-corrected chi connectivity index (χ1v) is 6.07. The zero-order valence-electron chi connectivity index (χ0n) is 10.6. The summed E-state index contributed by atoms with van der Waals surface area (Å²) in [5.74, 6) is 0. The molecule has 0 aromatic rings. The molecule has 1 aliphatic carbocycles. The molecule has 1 rings (SSSR count). The number of hydrogen-bond donors (Lipinski definition) is 2. The molecule has 0 heterocycles. The van der Waals surface area contributed by atoms with Crippen molar-refractivity contribution in [2.24, 2.45) is 10.7 Å². The van der Waals surface area contributed by atoms with Crippen molar-refractivity contribution in [2.75, 3.05) is 7.05 Å². The Balaban J connectivity index is 2.66. The Morgan fingerprint density at radius 1 is 1.71 bits per heavy atom. The van der Waals surface area contributed by atoms with Gasteiger partial charge >= 0.3 is 0 Å². The number of aliphatic hydroxyl groups is 1. The van der Waals surface area contributed by atoms with E-state index in [1.807, 2.05) is 31.2 Å². The van der Waals surface area contributed by atoms with Crippen LogP contribution in [0, 0.1) is 0 Å². The third kappa shape index (κ3) is 4.67. The maximum Gasteiger partial charge on any atom is 0.0727 e. The molecule has 0 amide bonds. The summed E-state index contributed by atoms with van der Waals surface area (Å²) in [6.45, 7) is 1.97. The van der Waals surface area contributed by atoms with Crippen LogP contribution in [-0.2, 0) is 0 Å². The Hall–Kier alpha value is -1.19. The summed E-state index contributed by atoms with van der Waals surface area (Å²) in [5.41, 5.74) is 8.24. The van der Waals surface area contributed by atoms with Crippen LogP contribution in [-0.4, -0.2) is 30.0 Å². The molecule has 0 saturated heterocycles. The second-order valence-electron chi connectivity index (χ2n) is 4.23. The van der Waals surface area contributed by atoms with Gasteiger partial charge in [-0.15, -0.1) is 0 Å². The van der Waals surface area contributed by atoms with Gasteiger partial charge in [0.1, 0.15) is 0 Å². The van der Waals surface area contributed by atoms with Crippen molar-refractivity contribution >= 4 is 5.71 Å². The summed E-state index contributed by atoms with van der Waals surface area (Å²) in [5, 5.41) is 9.51. The van der Waals surface area contributed by atoms with Crippen molar-refractivity contribution in [1.29, 1.82) is 0 Å². The van der Waals surface area contributed by atoms with Crippen LogP contribution < -0.4 is 5.73 Å². The SMILES string of the molecule is C/C=C\C(CC(N)C1=CCCC(O)C=C1)=NC. The Bertz CT molecular complexity index is 353. The molecule has 3 N–H and O–H groups in total. The zero-order valence-corrected chi connectivity index (χ0v) is 10.6. The minimum Gasteiger partial charge on any atom is -0.389 e. The number of rotatable bonds is 4. The van der Waals surface area contributed by atoms with Crippen LogP contribution in [0.4, 0.5) is 0 Å². The van der Waals surface area contributed by atoms with E-state index in [0.717, 1.165) is 30.5 Å². The average molecular weight is 234 g/mol. The van der Waals surface area contributed by atoms with E-state index in [-0.39, 0.29) is 12.1 Å². The van der Waals surface area contributed by atoms with Crippen LogP contribution >= 0.6 is 0 Å². The van der Waals surface area contributed by atoms with E-state index in [1.165, 1.54) is 0 Å². The molecule has 3 nitrogen and oxygen atoms in total. The van der Waals surface area contributed by atoms with Crippen molar-refractivity contribution in [3.63, 3.8) is 0 Å². The highest BCUT2D eigenvalue weighted by atomic mass is 16.3. The predicted molar refractivity (Wildman–Crippen MR) is 73.2 cm³/mol. The van der Waals surface area contributed by atoms with Crippen molar-refractivity contribution < 1.29 is 5.11 Å². The molecule has 0 aromatic carbocycles. The third-order valence-electron chi connectivity index (χ3n) is 2.86. The summed E-state index contributed by atoms with van der Waals surface area (Å²) >= 11 is 0. The van der Waals surface area contributed by atoms with Crippen LogP contribution in [0.2, 0.25) is 0 Å². The summed E-state index contributed by atoms with van der Waals surface area (Å²) in [7, 11) is 1.78. The van der Waals surface area contributed by atoms with E-state index in [2.05, 4.69) is 11.1 Å². The maximum atomic E-state index is 9.51. The summed E-state index contributed by atoms with van der Waals surface area (Å²) in [4.78, 5) is 4.20. The molecule has 1 aliphatic rings. The fraction of sp³-hybridized carbons (Fsp3) is 0.500. The van der Waals surface area contributed by atoms with Crippen LogP contribution in [0.25, 0.3) is 0 Å². The number of hydrogen-bond acceptors (Lipinski definition) is 3. The van der Waals surface area contributed by atoms with Gasteiger partial charge in [0.15, 0.2) is 0 Å². The smallest absolute Gasteiger partial charge is 0.0727 e. The lowest BCUT2D eigenvalue weighted by Crippen LogP contribution is -2.25. The van der Waals surface area contributed by atoms with Gasteiger partial charge in [-0.05, 0) is 31.4 Å². The van der Waals surface area contributed by atoms with Crippen molar-refractivity contribution in [3.8, 4) is 0 Å². The van der Waals surface area contributed by atoms with Gasteiger partial charge in [-0.25, -0.2) is 0 Å². The number of nitrogens with zero attached hydrogens (tertiary/aromatic N) is 1. The highest BCUT2D eigenvalue weighted by Gasteiger charge is 2.11. The molecule has 0 aliphatic heterocycles. The van der Waals surface area contributed by atoms with Gasteiger partial charge in [0.2, 0.25) is 0 Å². The summed E-state index contributed by atoms with van der Waals surface area (Å²) < 4.78 is 0. The van der Waals surface area contributed by atoms with Crippen molar-refractivity contribution in [3.05, 3.63) is 36.0 Å². The van der Waals surface area contributed by atoms with Gasteiger partial charge in [-0.1, -0.05) is 24.3 Å². The number of aliphatic imine (C=N–C) groups is 1. The lowest BCUT2D eigenvalue weighted by atomic mass is 10.0. The fourth-order valence-electron chi connectivity index (χ4n) is 1.85. The number of nitrogens with two attached hydrogens (primary N) is 1. The lowest BCUT2D eigenvalue weighted by Gasteiger charge is -2.12. The van der Waals surface area contributed by atoms with Crippen LogP contribution in [0.1, 0.15) is 26.2 Å². The Labute approximate surface area is 103 Å². The Morgan fingerprint density at radius 2 is 2.47 bits per heavy atom. The van der Waals surface area contributed by atoms with Crippen molar-refractivity contribution in [1.82, 2.24) is 0 Å². The van der Waals surface area contributed by atoms with Gasteiger partial charge in [0.05, 0.1) is 6.10 Å². The highest BCUT2D eigenvalue weighted by molar-refractivity contribution is 5.95. The van der Waals surface area contributed by atoms with Gasteiger partial charge in [0, 0.05) is 25.2 Å². The Kier molecular flexibility index (Phi) is 5.87. The first-order chi connectivity index (χ1) is 8.17. The molecule has 0 bridgehead atoms. The van der Waals surface area contributed by atoms with Crippen LogP contribution in [0.3, 0.4) is 0 Å². The number of allylic oxidation sites excluding steroid dienone is 3. The molecule has 2 unspecified atom stereocenters. The second-order valence-corrected chi connectivity index (χ2v) is 4.23. The molecule has 2 atom stereocenters. The number of aliphatic hydroxyl groups excluding tert-OH is 1. The first kappa shape index (κ1) is 13.9. The zero-order chi connectivity index (χ0) is 12.7. The molecule has 0 spiro atoms. The maximum absolute atomic E-state index is 9.51.